The topological polar surface area (TPSA) is 60.1 Å². The maximum atomic E-state index is 14.0. The first-order valence-corrected chi connectivity index (χ1v) is 10.6. The molecule has 0 unspecified atom stereocenters. The zero-order valence-electron chi connectivity index (χ0n) is 18.0. The molecule has 1 saturated heterocycles. The van der Waals surface area contributed by atoms with Crippen LogP contribution in [-0.4, -0.2) is 25.2 Å². The van der Waals surface area contributed by atoms with Gasteiger partial charge in [-0.25, -0.2) is 8.78 Å². The van der Waals surface area contributed by atoms with E-state index in [1.54, 1.807) is 0 Å². The fourth-order valence-electron chi connectivity index (χ4n) is 3.12. The van der Waals surface area contributed by atoms with Crippen molar-refractivity contribution in [3.63, 3.8) is 0 Å². The first-order chi connectivity index (χ1) is 16.5. The van der Waals surface area contributed by atoms with Crippen LogP contribution >= 0.6 is 11.6 Å². The number of ether oxygens (including phenoxy) is 3. The third-order valence-electron chi connectivity index (χ3n) is 4.99. The van der Waals surface area contributed by atoms with Gasteiger partial charge in [0.15, 0.2) is 11.6 Å². The number of aryl methyl sites for hydroxylation is 1. The molecule has 3 aromatic rings. The van der Waals surface area contributed by atoms with Crippen LogP contribution in [0.1, 0.15) is 21.5 Å². The first-order valence-electron chi connectivity index (χ1n) is 10.2. The number of carbonyl (C=O) groups is 1. The van der Waals surface area contributed by atoms with Crippen LogP contribution in [0.25, 0.3) is 0 Å². The number of carbonyl (C=O) groups excluding carboxylic acids is 1. The molecule has 1 atom stereocenters. The highest BCUT2D eigenvalue weighted by molar-refractivity contribution is 6.32. The Morgan fingerprint density at radius 3 is 2.49 bits per heavy atom. The van der Waals surface area contributed by atoms with Crippen LogP contribution in [0.4, 0.5) is 27.6 Å². The van der Waals surface area contributed by atoms with Crippen LogP contribution in [0.15, 0.2) is 48.5 Å². The standard InChI is InChI=1S/C24H17ClF5NO4/c1-12-6-13(26)2-5-20(12)35-21-9-17(24(28,29)30)18(25)8-16(21)23(32)31-14-3-4-19(27)22(7-14)34-11-15-10-33-15/h2-9,15H,10-11H2,1H3,(H,31,32)/t15-/m0/s1. The van der Waals surface area contributed by atoms with Gasteiger partial charge in [-0.2, -0.15) is 13.2 Å². The zero-order valence-corrected chi connectivity index (χ0v) is 18.8. The number of anilines is 1. The minimum Gasteiger partial charge on any atom is -0.488 e. The van der Waals surface area contributed by atoms with Gasteiger partial charge in [0.25, 0.3) is 5.91 Å². The highest BCUT2D eigenvalue weighted by atomic mass is 35.5. The van der Waals surface area contributed by atoms with Crippen molar-refractivity contribution in [3.05, 3.63) is 81.9 Å². The smallest absolute Gasteiger partial charge is 0.417 e. The second kappa shape index (κ2) is 9.71. The molecule has 5 nitrogen and oxygen atoms in total. The Labute approximate surface area is 201 Å². The van der Waals surface area contributed by atoms with E-state index in [9.17, 15) is 26.7 Å². The van der Waals surface area contributed by atoms with Crippen molar-refractivity contribution in [2.45, 2.75) is 19.2 Å². The van der Waals surface area contributed by atoms with Gasteiger partial charge in [0, 0.05) is 11.8 Å². The second-order valence-corrected chi connectivity index (χ2v) is 8.11. The maximum Gasteiger partial charge on any atom is 0.417 e. The van der Waals surface area contributed by atoms with E-state index in [2.05, 4.69) is 5.32 Å². The molecule has 3 aromatic carbocycles. The van der Waals surface area contributed by atoms with E-state index in [0.29, 0.717) is 18.2 Å². The van der Waals surface area contributed by atoms with Gasteiger partial charge < -0.3 is 19.5 Å². The summed E-state index contributed by atoms with van der Waals surface area (Å²) in [4.78, 5) is 13.0. The zero-order chi connectivity index (χ0) is 25.3. The second-order valence-electron chi connectivity index (χ2n) is 7.70. The van der Waals surface area contributed by atoms with E-state index in [4.69, 9.17) is 25.8 Å². The van der Waals surface area contributed by atoms with Crippen molar-refractivity contribution in [1.29, 1.82) is 0 Å². The molecule has 184 valence electrons. The Balaban J connectivity index is 1.66. The van der Waals surface area contributed by atoms with Gasteiger partial charge >= 0.3 is 6.18 Å². The number of amides is 1. The fraction of sp³-hybridized carbons (Fsp3) is 0.208. The molecule has 4 rings (SSSR count). The molecule has 0 bridgehead atoms. The predicted molar refractivity (Wildman–Crippen MR) is 117 cm³/mol. The number of halogens is 6. The normalized spacial score (nSPS) is 15.0. The van der Waals surface area contributed by atoms with Gasteiger partial charge in [0.1, 0.15) is 30.0 Å². The minimum absolute atomic E-state index is 0.0376. The van der Waals surface area contributed by atoms with Crippen LogP contribution in [0.2, 0.25) is 5.02 Å². The number of hydrogen-bond donors (Lipinski definition) is 1. The van der Waals surface area contributed by atoms with E-state index in [-0.39, 0.29) is 35.5 Å². The van der Waals surface area contributed by atoms with Gasteiger partial charge in [0.2, 0.25) is 0 Å². The molecule has 0 aromatic heterocycles. The maximum absolute atomic E-state index is 14.0. The number of benzene rings is 3. The number of hydrogen-bond acceptors (Lipinski definition) is 4. The molecule has 11 heteroatoms. The van der Waals surface area contributed by atoms with E-state index < -0.39 is 40.1 Å². The number of nitrogens with one attached hydrogen (secondary N) is 1. The lowest BCUT2D eigenvalue weighted by molar-refractivity contribution is -0.137. The molecule has 1 aliphatic rings. The first kappa shape index (κ1) is 24.7. The van der Waals surface area contributed by atoms with Gasteiger partial charge in [-0.3, -0.25) is 4.79 Å². The highest BCUT2D eigenvalue weighted by Gasteiger charge is 2.35. The Morgan fingerprint density at radius 2 is 1.83 bits per heavy atom. The SMILES string of the molecule is Cc1cc(F)ccc1Oc1cc(C(F)(F)F)c(Cl)cc1C(=O)Nc1ccc(F)c(OC[C@@H]2CO2)c1. The summed E-state index contributed by atoms with van der Waals surface area (Å²) in [6.45, 7) is 2.12. The van der Waals surface area contributed by atoms with Crippen molar-refractivity contribution >= 4 is 23.2 Å². The van der Waals surface area contributed by atoms with Crippen LogP contribution in [0, 0.1) is 18.6 Å². The fourth-order valence-corrected chi connectivity index (χ4v) is 3.39. The van der Waals surface area contributed by atoms with Gasteiger partial charge in [0.05, 0.1) is 22.8 Å². The lowest BCUT2D eigenvalue weighted by Crippen LogP contribution is -2.15. The Bertz CT molecular complexity index is 1280. The Morgan fingerprint density at radius 1 is 1.09 bits per heavy atom. The van der Waals surface area contributed by atoms with Crippen molar-refractivity contribution in [1.82, 2.24) is 0 Å². The van der Waals surface area contributed by atoms with Crippen LogP contribution in [0.5, 0.6) is 17.2 Å². The summed E-state index contributed by atoms with van der Waals surface area (Å²) in [7, 11) is 0. The molecule has 1 aliphatic heterocycles. The van der Waals surface area contributed by atoms with Crippen LogP contribution < -0.4 is 14.8 Å². The molecule has 1 N–H and O–H groups in total. The summed E-state index contributed by atoms with van der Waals surface area (Å²) in [5.41, 5.74) is -1.14. The van der Waals surface area contributed by atoms with Crippen molar-refractivity contribution < 1.29 is 41.0 Å². The van der Waals surface area contributed by atoms with E-state index in [1.165, 1.54) is 25.1 Å². The molecule has 1 fully saturated rings. The lowest BCUT2D eigenvalue weighted by Gasteiger charge is -2.17. The summed E-state index contributed by atoms with van der Waals surface area (Å²) in [6.07, 6.45) is -4.95. The molecule has 35 heavy (non-hydrogen) atoms. The van der Waals surface area contributed by atoms with Gasteiger partial charge in [-0.05, 0) is 55.0 Å². The highest BCUT2D eigenvalue weighted by Crippen LogP contribution is 2.40. The average molecular weight is 514 g/mol. The third-order valence-corrected chi connectivity index (χ3v) is 5.31. The van der Waals surface area contributed by atoms with Gasteiger partial charge in [-0.15, -0.1) is 0 Å². The number of rotatable bonds is 7. The number of epoxide rings is 1. The summed E-state index contributed by atoms with van der Waals surface area (Å²) in [5.74, 6) is -2.67. The predicted octanol–water partition coefficient (Wildman–Crippen LogP) is 6.77. The summed E-state index contributed by atoms with van der Waals surface area (Å²) in [6, 6.07) is 8.38. The van der Waals surface area contributed by atoms with Crippen molar-refractivity contribution in [3.8, 4) is 17.2 Å². The van der Waals surface area contributed by atoms with E-state index in [0.717, 1.165) is 24.3 Å². The number of alkyl halides is 3. The molecule has 1 amide bonds. The molecule has 0 radical (unpaired) electrons. The van der Waals surface area contributed by atoms with Crippen molar-refractivity contribution in [2.75, 3.05) is 18.5 Å². The van der Waals surface area contributed by atoms with Crippen LogP contribution in [0.3, 0.4) is 0 Å². The molecule has 0 saturated carbocycles. The average Bonchev–Trinajstić information content (AvgIpc) is 3.60. The largest absolute Gasteiger partial charge is 0.488 e. The molecule has 1 heterocycles. The van der Waals surface area contributed by atoms with Crippen LogP contribution in [-0.2, 0) is 10.9 Å². The van der Waals surface area contributed by atoms with E-state index in [1.807, 2.05) is 0 Å². The Hall–Kier alpha value is -3.37. The molecular weight excluding hydrogens is 497 g/mol. The van der Waals surface area contributed by atoms with Crippen molar-refractivity contribution in [2.24, 2.45) is 0 Å². The molecule has 0 aliphatic carbocycles. The lowest BCUT2D eigenvalue weighted by atomic mass is 10.1. The molecule has 0 spiro atoms. The minimum atomic E-state index is -4.82. The molecular formula is C24H17ClF5NO4. The summed E-state index contributed by atoms with van der Waals surface area (Å²) < 4.78 is 83.7. The summed E-state index contributed by atoms with van der Waals surface area (Å²) >= 11 is 5.82. The monoisotopic (exact) mass is 513 g/mol. The Kier molecular flexibility index (Phi) is 6.86. The van der Waals surface area contributed by atoms with Gasteiger partial charge in [-0.1, -0.05) is 11.6 Å². The third kappa shape index (κ3) is 6.01. The quantitative estimate of drug-likeness (QED) is 0.280. The summed E-state index contributed by atoms with van der Waals surface area (Å²) in [5, 5.41) is 1.74. The van der Waals surface area contributed by atoms with E-state index >= 15 is 0 Å².